The van der Waals surface area contributed by atoms with Gasteiger partial charge in [0.15, 0.2) is 0 Å². The Morgan fingerprint density at radius 2 is 2.00 bits per heavy atom. The van der Waals surface area contributed by atoms with E-state index in [0.29, 0.717) is 6.04 Å². The van der Waals surface area contributed by atoms with Gasteiger partial charge >= 0.3 is 0 Å². The highest BCUT2D eigenvalue weighted by Crippen LogP contribution is 2.19. The molecule has 1 unspecified atom stereocenters. The second-order valence-electron chi connectivity index (χ2n) is 4.87. The third-order valence-electron chi connectivity index (χ3n) is 3.32. The number of hydrogen-bond donors (Lipinski definition) is 1. The van der Waals surface area contributed by atoms with Crippen LogP contribution in [0.1, 0.15) is 43.9 Å². The van der Waals surface area contributed by atoms with E-state index in [1.807, 2.05) is 12.4 Å². The van der Waals surface area contributed by atoms with E-state index in [1.165, 1.54) is 24.0 Å². The van der Waals surface area contributed by atoms with Gasteiger partial charge in [-0.3, -0.25) is 4.98 Å². The summed E-state index contributed by atoms with van der Waals surface area (Å²) in [6.45, 7) is 6.32. The zero-order valence-electron chi connectivity index (χ0n) is 11.8. The van der Waals surface area contributed by atoms with Crippen molar-refractivity contribution in [3.63, 3.8) is 0 Å². The molecule has 0 spiro atoms. The highest BCUT2D eigenvalue weighted by atomic mass is 15.0. The minimum absolute atomic E-state index is 0.480. The van der Waals surface area contributed by atoms with Crippen molar-refractivity contribution >= 4 is 0 Å². The third kappa shape index (κ3) is 3.93. The molecule has 3 nitrogen and oxygen atoms in total. The Labute approximate surface area is 115 Å². The lowest BCUT2D eigenvalue weighted by molar-refractivity contribution is 0.508. The number of nitrogens with zero attached hydrogens (tertiary/aromatic N) is 2. The van der Waals surface area contributed by atoms with Crippen molar-refractivity contribution < 1.29 is 0 Å². The van der Waals surface area contributed by atoms with Crippen molar-refractivity contribution in [2.24, 2.45) is 0 Å². The van der Waals surface area contributed by atoms with Gasteiger partial charge in [-0.25, -0.2) is 0 Å². The van der Waals surface area contributed by atoms with Crippen LogP contribution in [-0.2, 0) is 6.54 Å². The predicted octanol–water partition coefficient (Wildman–Crippen LogP) is 3.38. The van der Waals surface area contributed by atoms with E-state index in [1.54, 1.807) is 0 Å². The summed E-state index contributed by atoms with van der Waals surface area (Å²) >= 11 is 0. The van der Waals surface area contributed by atoms with Crippen LogP contribution in [0.15, 0.2) is 43.0 Å². The van der Waals surface area contributed by atoms with E-state index in [-0.39, 0.29) is 0 Å². The summed E-state index contributed by atoms with van der Waals surface area (Å²) in [5, 5.41) is 3.55. The molecule has 2 heterocycles. The molecule has 0 aliphatic carbocycles. The van der Waals surface area contributed by atoms with Gasteiger partial charge in [0.2, 0.25) is 0 Å². The summed E-state index contributed by atoms with van der Waals surface area (Å²) in [6.07, 6.45) is 10.5. The Hall–Kier alpha value is -1.61. The van der Waals surface area contributed by atoms with Gasteiger partial charge in [-0.1, -0.05) is 20.3 Å². The number of aromatic nitrogens is 2. The third-order valence-corrected chi connectivity index (χ3v) is 3.32. The van der Waals surface area contributed by atoms with Crippen LogP contribution < -0.4 is 5.32 Å². The van der Waals surface area contributed by atoms with Gasteiger partial charge in [-0.15, -0.1) is 0 Å². The molecule has 0 fully saturated rings. The number of hydrogen-bond acceptors (Lipinski definition) is 2. The van der Waals surface area contributed by atoms with Gasteiger partial charge in [0.25, 0.3) is 0 Å². The van der Waals surface area contributed by atoms with E-state index < -0.39 is 0 Å². The van der Waals surface area contributed by atoms with Gasteiger partial charge in [0.05, 0.1) is 0 Å². The van der Waals surface area contributed by atoms with Crippen molar-refractivity contribution in [3.05, 3.63) is 54.1 Å². The zero-order chi connectivity index (χ0) is 13.5. The minimum atomic E-state index is 0.480. The normalized spacial score (nSPS) is 12.5. The first-order chi connectivity index (χ1) is 9.33. The molecule has 3 heteroatoms. The molecule has 0 saturated heterocycles. The highest BCUT2D eigenvalue weighted by Gasteiger charge is 2.10. The van der Waals surface area contributed by atoms with Crippen LogP contribution in [0, 0.1) is 0 Å². The van der Waals surface area contributed by atoms with Gasteiger partial charge in [0.1, 0.15) is 0 Å². The Kier molecular flexibility index (Phi) is 5.16. The largest absolute Gasteiger partial charge is 0.350 e. The van der Waals surface area contributed by atoms with Gasteiger partial charge < -0.3 is 9.88 Å². The predicted molar refractivity (Wildman–Crippen MR) is 79.1 cm³/mol. The van der Waals surface area contributed by atoms with Crippen molar-refractivity contribution in [1.29, 1.82) is 0 Å². The van der Waals surface area contributed by atoms with Crippen LogP contribution in [-0.4, -0.2) is 16.1 Å². The Morgan fingerprint density at radius 3 is 2.68 bits per heavy atom. The quantitative estimate of drug-likeness (QED) is 0.824. The molecular weight excluding hydrogens is 234 g/mol. The lowest BCUT2D eigenvalue weighted by Gasteiger charge is -2.15. The average molecular weight is 257 g/mol. The second-order valence-corrected chi connectivity index (χ2v) is 4.87. The van der Waals surface area contributed by atoms with Crippen LogP contribution in [0.2, 0.25) is 0 Å². The molecule has 1 atom stereocenters. The fourth-order valence-electron chi connectivity index (χ4n) is 2.38. The minimum Gasteiger partial charge on any atom is -0.350 e. The molecule has 2 aromatic heterocycles. The first kappa shape index (κ1) is 13.8. The van der Waals surface area contributed by atoms with Crippen molar-refractivity contribution in [3.8, 4) is 0 Å². The standard InChI is InChI=1S/C16H23N3/c1-3-5-16(18-4-2)15-8-11-19(13-15)12-14-6-9-17-10-7-14/h6-11,13,16,18H,3-5,12H2,1-2H3. The van der Waals surface area contributed by atoms with Crippen LogP contribution in [0.25, 0.3) is 0 Å². The topological polar surface area (TPSA) is 29.9 Å². The maximum atomic E-state index is 4.05. The van der Waals surface area contributed by atoms with Gasteiger partial charge in [-0.2, -0.15) is 0 Å². The van der Waals surface area contributed by atoms with Crippen molar-refractivity contribution in [2.75, 3.05) is 6.54 Å². The first-order valence-electron chi connectivity index (χ1n) is 7.11. The van der Waals surface area contributed by atoms with Gasteiger partial charge in [0, 0.05) is 37.4 Å². The number of nitrogens with one attached hydrogen (secondary N) is 1. The maximum Gasteiger partial charge on any atom is 0.0471 e. The van der Waals surface area contributed by atoms with Gasteiger partial charge in [-0.05, 0) is 42.3 Å². The molecule has 2 rings (SSSR count). The Balaban J connectivity index is 2.05. The molecule has 19 heavy (non-hydrogen) atoms. The molecule has 0 aliphatic heterocycles. The lowest BCUT2D eigenvalue weighted by atomic mass is 10.1. The molecule has 2 aromatic rings. The summed E-state index contributed by atoms with van der Waals surface area (Å²) in [5.41, 5.74) is 2.67. The molecule has 102 valence electrons. The summed E-state index contributed by atoms with van der Waals surface area (Å²) in [7, 11) is 0. The zero-order valence-corrected chi connectivity index (χ0v) is 11.8. The highest BCUT2D eigenvalue weighted by molar-refractivity contribution is 5.18. The fourth-order valence-corrected chi connectivity index (χ4v) is 2.38. The molecular formula is C16H23N3. The lowest BCUT2D eigenvalue weighted by Crippen LogP contribution is -2.20. The van der Waals surface area contributed by atoms with E-state index in [4.69, 9.17) is 0 Å². The van der Waals surface area contributed by atoms with Crippen LogP contribution in [0.3, 0.4) is 0 Å². The number of rotatable bonds is 7. The van der Waals surface area contributed by atoms with Crippen LogP contribution in [0.5, 0.6) is 0 Å². The van der Waals surface area contributed by atoms with Crippen molar-refractivity contribution in [1.82, 2.24) is 14.9 Å². The van der Waals surface area contributed by atoms with E-state index in [9.17, 15) is 0 Å². The van der Waals surface area contributed by atoms with Crippen LogP contribution in [0.4, 0.5) is 0 Å². The molecule has 0 radical (unpaired) electrons. The van der Waals surface area contributed by atoms with Crippen molar-refractivity contribution in [2.45, 2.75) is 39.3 Å². The summed E-state index contributed by atoms with van der Waals surface area (Å²) in [4.78, 5) is 4.05. The monoisotopic (exact) mass is 257 g/mol. The summed E-state index contributed by atoms with van der Waals surface area (Å²) < 4.78 is 2.24. The second kappa shape index (κ2) is 7.10. The summed E-state index contributed by atoms with van der Waals surface area (Å²) in [5.74, 6) is 0. The molecule has 0 saturated carbocycles. The molecule has 0 bridgehead atoms. The van der Waals surface area contributed by atoms with E-state index in [0.717, 1.165) is 13.1 Å². The molecule has 1 N–H and O–H groups in total. The molecule has 0 amide bonds. The number of pyridine rings is 1. The van der Waals surface area contributed by atoms with Crippen LogP contribution >= 0.6 is 0 Å². The summed E-state index contributed by atoms with van der Waals surface area (Å²) in [6, 6.07) is 6.83. The average Bonchev–Trinajstić information content (AvgIpc) is 2.88. The SMILES string of the molecule is CCCC(NCC)c1ccn(Cc2ccncc2)c1. The Morgan fingerprint density at radius 1 is 1.21 bits per heavy atom. The first-order valence-corrected chi connectivity index (χ1v) is 7.11. The molecule has 0 aliphatic rings. The Bertz CT molecular complexity index is 470. The van der Waals surface area contributed by atoms with E-state index in [2.05, 4.69) is 59.3 Å². The fraction of sp³-hybridized carbons (Fsp3) is 0.438. The smallest absolute Gasteiger partial charge is 0.0471 e. The maximum absolute atomic E-state index is 4.05. The molecule has 0 aromatic carbocycles. The van der Waals surface area contributed by atoms with E-state index >= 15 is 0 Å².